The Morgan fingerprint density at radius 3 is 2.57 bits per heavy atom. The number of allylic oxidation sites excluding steroid dienone is 4. The molecular formula is C22H17F3N2O3. The second kappa shape index (κ2) is 7.41. The maximum absolute atomic E-state index is 12.6. The van der Waals surface area contributed by atoms with E-state index in [9.17, 15) is 23.2 Å². The number of nitriles is 1. The van der Waals surface area contributed by atoms with E-state index in [0.29, 0.717) is 40.3 Å². The minimum Gasteiger partial charge on any atom is -0.460 e. The first-order valence-corrected chi connectivity index (χ1v) is 9.37. The molecule has 4 rings (SSSR count). The Bertz CT molecular complexity index is 1100. The number of ketones is 1. The molecule has 2 aliphatic rings. The highest BCUT2D eigenvalue weighted by atomic mass is 19.4. The lowest BCUT2D eigenvalue weighted by atomic mass is 9.78. The minimum absolute atomic E-state index is 0.0133. The summed E-state index contributed by atoms with van der Waals surface area (Å²) >= 11 is 0. The number of carbonyl (C=O) groups is 1. The average Bonchev–Trinajstić information content (AvgIpc) is 3.16. The summed E-state index contributed by atoms with van der Waals surface area (Å²) in [6.45, 7) is 1.79. The van der Waals surface area contributed by atoms with Crippen molar-refractivity contribution in [1.82, 2.24) is 5.32 Å². The van der Waals surface area contributed by atoms with Gasteiger partial charge >= 0.3 is 6.36 Å². The summed E-state index contributed by atoms with van der Waals surface area (Å²) in [6, 6.07) is 10.9. The maximum atomic E-state index is 12.6. The highest BCUT2D eigenvalue weighted by Crippen LogP contribution is 2.43. The fourth-order valence-corrected chi connectivity index (χ4v) is 3.90. The number of hydrogen-bond donors (Lipinski definition) is 1. The predicted molar refractivity (Wildman–Crippen MR) is 101 cm³/mol. The molecule has 0 bridgehead atoms. The van der Waals surface area contributed by atoms with Gasteiger partial charge in [-0.3, -0.25) is 4.79 Å². The van der Waals surface area contributed by atoms with E-state index in [-0.39, 0.29) is 11.5 Å². The van der Waals surface area contributed by atoms with Crippen molar-refractivity contribution in [1.29, 1.82) is 5.26 Å². The molecule has 1 aliphatic carbocycles. The summed E-state index contributed by atoms with van der Waals surface area (Å²) in [6.07, 6.45) is -2.86. The Balaban J connectivity index is 1.68. The molecule has 30 heavy (non-hydrogen) atoms. The highest BCUT2D eigenvalue weighted by Gasteiger charge is 2.37. The van der Waals surface area contributed by atoms with Crippen LogP contribution in [0.5, 0.6) is 5.75 Å². The van der Waals surface area contributed by atoms with Gasteiger partial charge in [-0.25, -0.2) is 0 Å². The molecule has 0 spiro atoms. The molecule has 1 aliphatic heterocycles. The lowest BCUT2D eigenvalue weighted by molar-refractivity contribution is -0.274. The predicted octanol–water partition coefficient (Wildman–Crippen LogP) is 5.34. The van der Waals surface area contributed by atoms with Crippen molar-refractivity contribution in [2.75, 3.05) is 0 Å². The molecule has 1 aromatic heterocycles. The van der Waals surface area contributed by atoms with Crippen molar-refractivity contribution < 1.29 is 27.1 Å². The fourth-order valence-electron chi connectivity index (χ4n) is 3.90. The molecule has 154 valence electrons. The lowest BCUT2D eigenvalue weighted by Gasteiger charge is -2.31. The van der Waals surface area contributed by atoms with Crippen LogP contribution in [0.4, 0.5) is 13.2 Å². The van der Waals surface area contributed by atoms with Gasteiger partial charge in [0, 0.05) is 29.0 Å². The summed E-state index contributed by atoms with van der Waals surface area (Å²) in [4.78, 5) is 12.6. The molecule has 5 nitrogen and oxygen atoms in total. The summed E-state index contributed by atoms with van der Waals surface area (Å²) in [5, 5.41) is 12.9. The van der Waals surface area contributed by atoms with E-state index in [1.165, 1.54) is 24.3 Å². The van der Waals surface area contributed by atoms with Gasteiger partial charge in [-0.1, -0.05) is 0 Å². The second-order valence-electron chi connectivity index (χ2n) is 7.15. The molecule has 1 aromatic carbocycles. The zero-order valence-corrected chi connectivity index (χ0v) is 16.0. The van der Waals surface area contributed by atoms with Crippen LogP contribution in [0.2, 0.25) is 0 Å². The van der Waals surface area contributed by atoms with E-state index < -0.39 is 12.3 Å². The van der Waals surface area contributed by atoms with Crippen molar-refractivity contribution in [2.24, 2.45) is 0 Å². The molecule has 1 atom stereocenters. The average molecular weight is 414 g/mol. The third-order valence-corrected chi connectivity index (χ3v) is 5.18. The summed E-state index contributed by atoms with van der Waals surface area (Å²) < 4.78 is 46.9. The number of nitrogens with zero attached hydrogens (tertiary/aromatic N) is 1. The summed E-state index contributed by atoms with van der Waals surface area (Å²) in [7, 11) is 0. The molecule has 0 radical (unpaired) electrons. The van der Waals surface area contributed by atoms with Crippen LogP contribution in [0.15, 0.2) is 63.4 Å². The van der Waals surface area contributed by atoms with Gasteiger partial charge in [-0.2, -0.15) is 5.26 Å². The van der Waals surface area contributed by atoms with Crippen LogP contribution in [0.1, 0.15) is 37.9 Å². The van der Waals surface area contributed by atoms with Crippen molar-refractivity contribution in [3.05, 3.63) is 64.7 Å². The number of carbonyl (C=O) groups excluding carboxylic acids is 1. The van der Waals surface area contributed by atoms with Gasteiger partial charge < -0.3 is 14.5 Å². The quantitative estimate of drug-likeness (QED) is 0.734. The summed E-state index contributed by atoms with van der Waals surface area (Å²) in [5.74, 6) is -0.0752. The van der Waals surface area contributed by atoms with Crippen LogP contribution in [0.3, 0.4) is 0 Å². The maximum Gasteiger partial charge on any atom is 0.573 e. The van der Waals surface area contributed by atoms with Gasteiger partial charge in [0.05, 0.1) is 17.6 Å². The monoisotopic (exact) mass is 414 g/mol. The number of halogens is 3. The van der Waals surface area contributed by atoms with E-state index in [1.807, 2.05) is 0 Å². The van der Waals surface area contributed by atoms with Crippen molar-refractivity contribution in [3.63, 3.8) is 0 Å². The molecule has 8 heteroatoms. The first-order chi connectivity index (χ1) is 14.3. The molecule has 0 saturated carbocycles. The molecular weight excluding hydrogens is 397 g/mol. The second-order valence-corrected chi connectivity index (χ2v) is 7.15. The number of hydrogen-bond acceptors (Lipinski definition) is 5. The van der Waals surface area contributed by atoms with Crippen molar-refractivity contribution >= 4 is 5.78 Å². The third kappa shape index (κ3) is 3.71. The van der Waals surface area contributed by atoms with Crippen LogP contribution < -0.4 is 10.1 Å². The molecule has 0 fully saturated rings. The molecule has 2 heterocycles. The summed E-state index contributed by atoms with van der Waals surface area (Å²) in [5.41, 5.74) is 3.02. The number of furan rings is 1. The van der Waals surface area contributed by atoms with Crippen LogP contribution in [0.25, 0.3) is 11.3 Å². The molecule has 0 saturated heterocycles. The zero-order chi connectivity index (χ0) is 21.5. The standard InChI is InChI=1S/C22H17F3N2O3/c1-12-15(11-26)20(21-16(27-12)3-2-4-17(21)28)19-10-9-18(29-19)13-5-7-14(8-6-13)30-22(23,24)25/h5-10,20,27H,2-4H2,1H3/t20-/m1/s1. The van der Waals surface area contributed by atoms with Crippen molar-refractivity contribution in [3.8, 4) is 23.1 Å². The molecule has 0 amide bonds. The smallest absolute Gasteiger partial charge is 0.460 e. The number of ether oxygens (including phenoxy) is 1. The Morgan fingerprint density at radius 2 is 1.90 bits per heavy atom. The number of nitrogens with one attached hydrogen (secondary N) is 1. The van der Waals surface area contributed by atoms with E-state index in [1.54, 1.807) is 19.1 Å². The molecule has 1 N–H and O–H groups in total. The highest BCUT2D eigenvalue weighted by molar-refractivity contribution is 5.99. The van der Waals surface area contributed by atoms with Gasteiger partial charge in [0.15, 0.2) is 5.78 Å². The van der Waals surface area contributed by atoms with E-state index in [4.69, 9.17) is 4.42 Å². The van der Waals surface area contributed by atoms with Gasteiger partial charge in [0.2, 0.25) is 0 Å². The van der Waals surface area contributed by atoms with Gasteiger partial charge in [0.1, 0.15) is 17.3 Å². The van der Waals surface area contributed by atoms with Crippen LogP contribution in [-0.4, -0.2) is 12.1 Å². The number of benzene rings is 1. The lowest BCUT2D eigenvalue weighted by Crippen LogP contribution is -2.31. The van der Waals surface area contributed by atoms with E-state index in [0.717, 1.165) is 18.5 Å². The van der Waals surface area contributed by atoms with Gasteiger partial charge in [-0.15, -0.1) is 13.2 Å². The Hall–Kier alpha value is -3.47. The first-order valence-electron chi connectivity index (χ1n) is 9.37. The Kier molecular flexibility index (Phi) is 4.90. The largest absolute Gasteiger partial charge is 0.573 e. The van der Waals surface area contributed by atoms with Crippen molar-refractivity contribution in [2.45, 2.75) is 38.5 Å². The minimum atomic E-state index is -4.76. The van der Waals surface area contributed by atoms with Crippen LogP contribution in [-0.2, 0) is 4.79 Å². The van der Waals surface area contributed by atoms with Gasteiger partial charge in [0.25, 0.3) is 0 Å². The third-order valence-electron chi connectivity index (χ3n) is 5.18. The van der Waals surface area contributed by atoms with E-state index in [2.05, 4.69) is 16.1 Å². The number of rotatable bonds is 3. The Morgan fingerprint density at radius 1 is 1.17 bits per heavy atom. The van der Waals surface area contributed by atoms with Crippen LogP contribution >= 0.6 is 0 Å². The fraction of sp³-hybridized carbons (Fsp3) is 0.273. The van der Waals surface area contributed by atoms with E-state index >= 15 is 0 Å². The first kappa shape index (κ1) is 19.8. The normalized spacial score (nSPS) is 19.3. The topological polar surface area (TPSA) is 75.3 Å². The Labute approximate surface area is 170 Å². The van der Waals surface area contributed by atoms with Crippen LogP contribution in [0, 0.1) is 11.3 Å². The molecule has 0 unspecified atom stereocenters. The number of Topliss-reactive ketones (excluding diaryl/α,β-unsaturated/α-hetero) is 1. The van der Waals surface area contributed by atoms with Gasteiger partial charge in [-0.05, 0) is 56.2 Å². The SMILES string of the molecule is CC1=C(C#N)[C@H](c2ccc(-c3ccc(OC(F)(F)F)cc3)o2)C2=C(CCCC2=O)N1. The number of dihydropyridines is 1. The number of alkyl halides is 3. The molecule has 2 aromatic rings. The zero-order valence-electron chi connectivity index (χ0n) is 16.0.